The van der Waals surface area contributed by atoms with Gasteiger partial charge in [0.1, 0.15) is 11.6 Å². The lowest BCUT2D eigenvalue weighted by atomic mass is 10.1. The van der Waals surface area contributed by atoms with Crippen LogP contribution in [0.3, 0.4) is 0 Å². The average Bonchev–Trinajstić information content (AvgIpc) is 2.69. The second-order valence-corrected chi connectivity index (χ2v) is 7.43. The van der Waals surface area contributed by atoms with Gasteiger partial charge in [-0.25, -0.2) is 9.37 Å². The van der Waals surface area contributed by atoms with Crippen LogP contribution in [0.4, 0.5) is 10.2 Å². The number of hydrogen-bond acceptors (Lipinski definition) is 3. The lowest BCUT2D eigenvalue weighted by Gasteiger charge is -2.34. The summed E-state index contributed by atoms with van der Waals surface area (Å²) in [6, 6.07) is 11.0. The van der Waals surface area contributed by atoms with Crippen LogP contribution in [0.5, 0.6) is 0 Å². The van der Waals surface area contributed by atoms with Crippen molar-refractivity contribution in [3.63, 3.8) is 0 Å². The molecule has 7 heteroatoms. The number of pyridine rings is 1. The molecule has 0 unspecified atom stereocenters. The Bertz CT molecular complexity index is 818. The number of aromatic nitrogens is 1. The second kappa shape index (κ2) is 9.73. The molecule has 0 saturated carbocycles. The van der Waals surface area contributed by atoms with E-state index < -0.39 is 0 Å². The number of guanidine groups is 1. The Hall–Kier alpha value is -2.34. The number of benzene rings is 1. The maximum Gasteiger partial charge on any atom is 0.191 e. The Morgan fingerprint density at radius 2 is 2.07 bits per heavy atom. The summed E-state index contributed by atoms with van der Waals surface area (Å²) in [4.78, 5) is 11.3. The molecule has 1 fully saturated rings. The molecule has 0 bridgehead atoms. The van der Waals surface area contributed by atoms with Gasteiger partial charge in [0.2, 0.25) is 0 Å². The van der Waals surface area contributed by atoms with Crippen LogP contribution >= 0.6 is 11.6 Å². The molecule has 2 aromatic rings. The molecule has 5 nitrogen and oxygen atoms in total. The van der Waals surface area contributed by atoms with Gasteiger partial charge in [-0.05, 0) is 56.0 Å². The second-order valence-electron chi connectivity index (χ2n) is 7.03. The van der Waals surface area contributed by atoms with E-state index in [4.69, 9.17) is 11.6 Å². The topological polar surface area (TPSA) is 52.6 Å². The maximum absolute atomic E-state index is 13.1. The van der Waals surface area contributed by atoms with Crippen molar-refractivity contribution in [2.24, 2.45) is 4.99 Å². The Balaban J connectivity index is 1.44. The summed E-state index contributed by atoms with van der Waals surface area (Å²) < 4.78 is 13.1. The average molecular weight is 404 g/mol. The molecule has 1 aliphatic rings. The van der Waals surface area contributed by atoms with E-state index >= 15 is 0 Å². The Labute approximate surface area is 171 Å². The first-order valence-corrected chi connectivity index (χ1v) is 10.0. The van der Waals surface area contributed by atoms with Gasteiger partial charge in [-0.2, -0.15) is 0 Å². The van der Waals surface area contributed by atoms with E-state index in [0.29, 0.717) is 24.0 Å². The van der Waals surface area contributed by atoms with Crippen LogP contribution in [0.1, 0.15) is 24.1 Å². The number of hydrogen-bond donors (Lipinski definition) is 2. The van der Waals surface area contributed by atoms with Crippen molar-refractivity contribution in [2.75, 3.05) is 31.6 Å². The quantitative estimate of drug-likeness (QED) is 0.592. The molecule has 3 rings (SSSR count). The highest BCUT2D eigenvalue weighted by Crippen LogP contribution is 2.19. The number of piperidine rings is 1. The predicted molar refractivity (Wildman–Crippen MR) is 114 cm³/mol. The normalized spacial score (nSPS) is 15.6. The largest absolute Gasteiger partial charge is 0.356 e. The van der Waals surface area contributed by atoms with Gasteiger partial charge in [0.15, 0.2) is 5.96 Å². The van der Waals surface area contributed by atoms with E-state index in [9.17, 15) is 4.39 Å². The van der Waals surface area contributed by atoms with Crippen LogP contribution in [0.2, 0.25) is 5.02 Å². The molecule has 150 valence electrons. The van der Waals surface area contributed by atoms with Crippen molar-refractivity contribution in [2.45, 2.75) is 32.2 Å². The van der Waals surface area contributed by atoms with Crippen molar-refractivity contribution >= 4 is 23.4 Å². The highest BCUT2D eigenvalue weighted by atomic mass is 35.5. The van der Waals surface area contributed by atoms with Crippen LogP contribution in [0.25, 0.3) is 0 Å². The van der Waals surface area contributed by atoms with E-state index in [-0.39, 0.29) is 5.82 Å². The van der Waals surface area contributed by atoms with E-state index in [2.05, 4.69) is 37.6 Å². The standard InChI is InChI=1S/C21H27ClFN5/c1-15-4-3-5-20(26-15)28-12-9-18(10-13-28)27-21(24-2)25-11-8-16-6-7-17(23)14-19(16)22/h3-7,14,18H,8-13H2,1-2H3,(H2,24,25,27). The van der Waals surface area contributed by atoms with Crippen molar-refractivity contribution in [1.29, 1.82) is 0 Å². The molecule has 0 atom stereocenters. The summed E-state index contributed by atoms with van der Waals surface area (Å²) in [5.74, 6) is 1.52. The fourth-order valence-electron chi connectivity index (χ4n) is 3.39. The van der Waals surface area contributed by atoms with Crippen LogP contribution < -0.4 is 15.5 Å². The first-order valence-electron chi connectivity index (χ1n) is 9.65. The lowest BCUT2D eigenvalue weighted by Crippen LogP contribution is -2.49. The number of nitrogens with zero attached hydrogens (tertiary/aromatic N) is 3. The van der Waals surface area contributed by atoms with Gasteiger partial charge in [0.05, 0.1) is 0 Å². The Kier molecular flexibility index (Phi) is 7.09. The highest BCUT2D eigenvalue weighted by molar-refractivity contribution is 6.31. The van der Waals surface area contributed by atoms with E-state index in [1.54, 1.807) is 13.1 Å². The molecule has 1 aromatic carbocycles. The number of nitrogens with one attached hydrogen (secondary N) is 2. The minimum Gasteiger partial charge on any atom is -0.356 e. The van der Waals surface area contributed by atoms with E-state index in [1.165, 1.54) is 12.1 Å². The molecule has 0 radical (unpaired) electrons. The summed E-state index contributed by atoms with van der Waals surface area (Å²) in [5.41, 5.74) is 1.97. The summed E-state index contributed by atoms with van der Waals surface area (Å²) >= 11 is 6.08. The van der Waals surface area contributed by atoms with Crippen LogP contribution in [0, 0.1) is 12.7 Å². The third-order valence-corrected chi connectivity index (χ3v) is 5.31. The monoisotopic (exact) mass is 403 g/mol. The maximum atomic E-state index is 13.1. The molecule has 1 saturated heterocycles. The van der Waals surface area contributed by atoms with Crippen molar-refractivity contribution in [3.05, 3.63) is 58.5 Å². The number of halogens is 2. The fraction of sp³-hybridized carbons (Fsp3) is 0.429. The summed E-state index contributed by atoms with van der Waals surface area (Å²) in [5, 5.41) is 7.28. The molecule has 2 N–H and O–H groups in total. The first-order chi connectivity index (χ1) is 13.5. The van der Waals surface area contributed by atoms with Gasteiger partial charge in [-0.15, -0.1) is 0 Å². The number of aliphatic imine (C=N–C) groups is 1. The van der Waals surface area contributed by atoms with Gasteiger partial charge >= 0.3 is 0 Å². The van der Waals surface area contributed by atoms with Crippen LogP contribution in [-0.4, -0.2) is 43.7 Å². The van der Waals surface area contributed by atoms with Gasteiger partial charge in [0, 0.05) is 43.4 Å². The first kappa shape index (κ1) is 20.4. The zero-order valence-electron chi connectivity index (χ0n) is 16.4. The fourth-order valence-corrected chi connectivity index (χ4v) is 3.65. The molecular weight excluding hydrogens is 377 g/mol. The number of aryl methyl sites for hydroxylation is 1. The molecule has 0 spiro atoms. The summed E-state index contributed by atoms with van der Waals surface area (Å²) in [7, 11) is 1.77. The summed E-state index contributed by atoms with van der Waals surface area (Å²) in [6.07, 6.45) is 2.76. The highest BCUT2D eigenvalue weighted by Gasteiger charge is 2.20. The Morgan fingerprint density at radius 3 is 2.75 bits per heavy atom. The van der Waals surface area contributed by atoms with Crippen molar-refractivity contribution in [1.82, 2.24) is 15.6 Å². The van der Waals surface area contributed by atoms with Crippen LogP contribution in [-0.2, 0) is 6.42 Å². The lowest BCUT2D eigenvalue weighted by molar-refractivity contribution is 0.459. The molecule has 1 aliphatic heterocycles. The van der Waals surface area contributed by atoms with Crippen molar-refractivity contribution < 1.29 is 4.39 Å². The third-order valence-electron chi connectivity index (χ3n) is 4.96. The van der Waals surface area contributed by atoms with E-state index in [1.807, 2.05) is 13.0 Å². The smallest absolute Gasteiger partial charge is 0.191 e. The molecule has 0 aliphatic carbocycles. The Morgan fingerprint density at radius 1 is 1.29 bits per heavy atom. The molecular formula is C21H27ClFN5. The van der Waals surface area contributed by atoms with Crippen LogP contribution in [0.15, 0.2) is 41.4 Å². The van der Waals surface area contributed by atoms with Gasteiger partial charge in [-0.3, -0.25) is 4.99 Å². The molecule has 1 aromatic heterocycles. The van der Waals surface area contributed by atoms with Crippen molar-refractivity contribution in [3.8, 4) is 0 Å². The van der Waals surface area contributed by atoms with E-state index in [0.717, 1.165) is 49.0 Å². The van der Waals surface area contributed by atoms with Gasteiger partial charge in [-0.1, -0.05) is 23.7 Å². The minimum atomic E-state index is -0.314. The molecule has 0 amide bonds. The third kappa shape index (κ3) is 5.58. The zero-order valence-corrected chi connectivity index (χ0v) is 17.1. The predicted octanol–water partition coefficient (Wildman–Crippen LogP) is 3.56. The zero-order chi connectivity index (χ0) is 19.9. The van der Waals surface area contributed by atoms with Gasteiger partial charge in [0.25, 0.3) is 0 Å². The summed E-state index contributed by atoms with van der Waals surface area (Å²) in [6.45, 7) is 4.64. The molecule has 2 heterocycles. The minimum absolute atomic E-state index is 0.314. The van der Waals surface area contributed by atoms with Gasteiger partial charge < -0.3 is 15.5 Å². The molecule has 28 heavy (non-hydrogen) atoms. The number of anilines is 1. The SMILES string of the molecule is CN=C(NCCc1ccc(F)cc1Cl)NC1CCN(c2cccc(C)n2)CC1. The number of rotatable bonds is 5.